The largest absolute Gasteiger partial charge is 0.378 e. The van der Waals surface area contributed by atoms with Crippen LogP contribution < -0.4 is 0 Å². The molecule has 0 aliphatic carbocycles. The van der Waals surface area contributed by atoms with Crippen molar-refractivity contribution in [3.05, 3.63) is 0 Å². The van der Waals surface area contributed by atoms with Gasteiger partial charge < -0.3 is 0 Å². The Hall–Kier alpha value is 1.10. The molecule has 0 aliphatic rings. The van der Waals surface area contributed by atoms with Crippen molar-refractivity contribution in [3.8, 4) is 0 Å². The van der Waals surface area contributed by atoms with Gasteiger partial charge in [0.25, 0.3) is 0 Å². The predicted molar refractivity (Wildman–Crippen MR) is 34.5 cm³/mol. The van der Waals surface area contributed by atoms with Crippen LogP contribution in [0.15, 0.2) is 0 Å². The lowest BCUT2D eigenvalue weighted by molar-refractivity contribution is 0.0367. The minimum Gasteiger partial charge on any atom is -0.206 e. The van der Waals surface area contributed by atoms with Gasteiger partial charge in [0.05, 0.1) is 0 Å². The summed E-state index contributed by atoms with van der Waals surface area (Å²) in [7, 11) is 0. The second kappa shape index (κ2) is 2.38. The van der Waals surface area contributed by atoms with E-state index in [1.807, 2.05) is 0 Å². The first kappa shape index (κ1) is 9.10. The molecule has 0 nitrogen and oxygen atoms in total. The molecule has 0 bridgehead atoms. The summed E-state index contributed by atoms with van der Waals surface area (Å²) in [5.74, 6) is 0. The van der Waals surface area contributed by atoms with Crippen molar-refractivity contribution in [1.29, 1.82) is 0 Å². The Kier molecular flexibility index (Phi) is 2.71. The highest BCUT2D eigenvalue weighted by molar-refractivity contribution is 14.1. The number of hydrogen-bond donors (Lipinski definition) is 0. The van der Waals surface area contributed by atoms with Crippen LogP contribution in [0.4, 0.5) is 13.2 Å². The molecule has 0 aromatic heterocycles. The zero-order valence-electron chi connectivity index (χ0n) is 3.27. The van der Waals surface area contributed by atoms with E-state index in [1.54, 1.807) is 0 Å². The molecule has 0 unspecified atom stereocenters. The number of halogens is 6. The highest BCUT2D eigenvalue weighted by atomic mass is 127. The third-order valence-corrected chi connectivity index (χ3v) is 1.91. The molecule has 0 aromatic rings. The number of hydrogen-bond acceptors (Lipinski definition) is 0. The van der Waals surface area contributed by atoms with Gasteiger partial charge in [0.2, 0.25) is 0 Å². The van der Waals surface area contributed by atoms with E-state index in [1.165, 1.54) is 0 Å². The first-order chi connectivity index (χ1) is 3.25. The first-order valence-electron chi connectivity index (χ1n) is 1.38. The van der Waals surface area contributed by atoms with Crippen LogP contribution in [0, 0.1) is 0 Å². The second-order valence-electron chi connectivity index (χ2n) is 0.996. The summed E-state index contributed by atoms with van der Waals surface area (Å²) in [6.07, 6.45) is 0. The van der Waals surface area contributed by atoms with Gasteiger partial charge in [-0.2, -0.15) is 8.78 Å². The van der Waals surface area contributed by atoms with Crippen molar-refractivity contribution in [1.82, 2.24) is 0 Å². The second-order valence-corrected chi connectivity index (χ2v) is 4.12. The van der Waals surface area contributed by atoms with Crippen LogP contribution in [0.3, 0.4) is 0 Å². The molecule has 0 aliphatic heterocycles. The molecular formula is C2Cl2F3I. The van der Waals surface area contributed by atoms with E-state index in [4.69, 9.17) is 0 Å². The molecule has 0 aromatic carbocycles. The Balaban J connectivity index is 4.02. The first-order valence-corrected chi connectivity index (χ1v) is 3.22. The van der Waals surface area contributed by atoms with Crippen LogP contribution >= 0.6 is 45.8 Å². The number of alkyl halides is 6. The fraction of sp³-hybridized carbons (Fsp3) is 1.00. The SMILES string of the molecule is FC(F)(Cl)[C@](F)(Cl)I. The average Bonchev–Trinajstić information content (AvgIpc) is 1.25. The van der Waals surface area contributed by atoms with Gasteiger partial charge in [-0.3, -0.25) is 0 Å². The molecule has 0 saturated carbocycles. The van der Waals surface area contributed by atoms with Gasteiger partial charge in [0.1, 0.15) is 0 Å². The van der Waals surface area contributed by atoms with Crippen LogP contribution in [-0.4, -0.2) is 8.52 Å². The topological polar surface area (TPSA) is 0 Å². The fourth-order valence-electron chi connectivity index (χ4n) is 0. The van der Waals surface area contributed by atoms with E-state index >= 15 is 0 Å². The molecule has 8 heavy (non-hydrogen) atoms. The van der Waals surface area contributed by atoms with Crippen molar-refractivity contribution in [2.45, 2.75) is 8.52 Å². The third kappa shape index (κ3) is 2.59. The normalized spacial score (nSPS) is 20.2. The van der Waals surface area contributed by atoms with Crippen LogP contribution in [0.25, 0.3) is 0 Å². The lowest BCUT2D eigenvalue weighted by Crippen LogP contribution is -2.26. The predicted octanol–water partition coefficient (Wildman–Crippen LogP) is 3.12. The summed E-state index contributed by atoms with van der Waals surface area (Å²) >= 11 is 9.31. The van der Waals surface area contributed by atoms with Gasteiger partial charge >= 0.3 is 8.52 Å². The van der Waals surface area contributed by atoms with Gasteiger partial charge in [-0.05, 0) is 34.2 Å². The minimum absolute atomic E-state index is 0.700. The van der Waals surface area contributed by atoms with Crippen LogP contribution in [0.5, 0.6) is 0 Å². The summed E-state index contributed by atoms with van der Waals surface area (Å²) in [5, 5.41) is -4.00. The third-order valence-electron chi connectivity index (χ3n) is 0.321. The monoisotopic (exact) mass is 278 g/mol. The molecule has 0 spiro atoms. The summed E-state index contributed by atoms with van der Waals surface area (Å²) < 4.78 is 31.5. The lowest BCUT2D eigenvalue weighted by atomic mass is 10.8. The molecule has 0 fully saturated rings. The van der Waals surface area contributed by atoms with Crippen LogP contribution in [0.1, 0.15) is 0 Å². The zero-order chi connectivity index (χ0) is 7.00. The maximum Gasteiger partial charge on any atom is 0.378 e. The van der Waals surface area contributed by atoms with Gasteiger partial charge in [0.15, 0.2) is 0 Å². The Morgan fingerprint density at radius 1 is 1.12 bits per heavy atom. The van der Waals surface area contributed by atoms with Crippen molar-refractivity contribution < 1.29 is 13.2 Å². The maximum atomic E-state index is 11.8. The Morgan fingerprint density at radius 2 is 1.25 bits per heavy atom. The van der Waals surface area contributed by atoms with Crippen LogP contribution in [0.2, 0.25) is 0 Å². The van der Waals surface area contributed by atoms with E-state index in [-0.39, 0.29) is 0 Å². The van der Waals surface area contributed by atoms with Crippen molar-refractivity contribution in [3.63, 3.8) is 0 Å². The number of rotatable bonds is 1. The van der Waals surface area contributed by atoms with E-state index < -0.39 is 8.52 Å². The average molecular weight is 279 g/mol. The molecule has 50 valence electrons. The molecule has 6 heteroatoms. The Labute approximate surface area is 67.5 Å². The summed E-state index contributed by atoms with van der Waals surface area (Å²) in [6.45, 7) is 0. The molecule has 0 amide bonds. The quantitative estimate of drug-likeness (QED) is 0.511. The Bertz CT molecular complexity index is 70.3. The van der Waals surface area contributed by atoms with E-state index in [0.29, 0.717) is 22.6 Å². The lowest BCUT2D eigenvalue weighted by Gasteiger charge is -2.14. The van der Waals surface area contributed by atoms with E-state index in [0.717, 1.165) is 0 Å². The highest BCUT2D eigenvalue weighted by Gasteiger charge is 2.50. The molecule has 0 saturated heterocycles. The summed E-state index contributed by atoms with van der Waals surface area (Å²) in [6, 6.07) is 0. The van der Waals surface area contributed by atoms with Gasteiger partial charge in [-0.25, -0.2) is 4.39 Å². The smallest absolute Gasteiger partial charge is 0.206 e. The molecule has 0 radical (unpaired) electrons. The Morgan fingerprint density at radius 3 is 1.25 bits per heavy atom. The van der Waals surface area contributed by atoms with Crippen LogP contribution in [-0.2, 0) is 0 Å². The molecular weight excluding hydrogens is 279 g/mol. The molecule has 0 N–H and O–H groups in total. The summed E-state index contributed by atoms with van der Waals surface area (Å²) in [4.78, 5) is 0. The molecule has 0 heterocycles. The highest BCUT2D eigenvalue weighted by Crippen LogP contribution is 2.44. The van der Waals surface area contributed by atoms with Crippen molar-refractivity contribution >= 4 is 45.8 Å². The fourth-order valence-corrected chi connectivity index (χ4v) is 0. The minimum atomic E-state index is -4.00. The van der Waals surface area contributed by atoms with Gasteiger partial charge in [-0.15, -0.1) is 0 Å². The van der Waals surface area contributed by atoms with Gasteiger partial charge in [0, 0.05) is 0 Å². The van der Waals surface area contributed by atoms with Crippen molar-refractivity contribution in [2.75, 3.05) is 0 Å². The zero-order valence-corrected chi connectivity index (χ0v) is 6.94. The van der Waals surface area contributed by atoms with Crippen molar-refractivity contribution in [2.24, 2.45) is 0 Å². The molecule has 0 rings (SSSR count). The van der Waals surface area contributed by atoms with Gasteiger partial charge in [-0.1, -0.05) is 11.6 Å². The summed E-state index contributed by atoms with van der Waals surface area (Å²) in [5.41, 5.74) is 0. The van der Waals surface area contributed by atoms with E-state index in [2.05, 4.69) is 23.2 Å². The standard InChI is InChI=1S/C2Cl2F3I/c3-1(5,6)2(4,7)8/t2-/m1/s1. The van der Waals surface area contributed by atoms with E-state index in [9.17, 15) is 13.2 Å². The maximum absolute atomic E-state index is 11.8. The molecule has 1 atom stereocenters.